The van der Waals surface area contributed by atoms with Crippen LogP contribution in [0, 0.1) is 5.21 Å². The lowest BCUT2D eigenvalue weighted by Crippen LogP contribution is -2.24. The smallest absolute Gasteiger partial charge is 0.233 e. The monoisotopic (exact) mass is 399 g/mol. The summed E-state index contributed by atoms with van der Waals surface area (Å²) in [7, 11) is 0. The van der Waals surface area contributed by atoms with Gasteiger partial charge in [0.25, 0.3) is 0 Å². The summed E-state index contributed by atoms with van der Waals surface area (Å²) < 4.78 is 0.770. The van der Waals surface area contributed by atoms with Crippen molar-refractivity contribution in [2.75, 3.05) is 22.5 Å². The molecule has 4 rings (SSSR count). The Morgan fingerprint density at radius 2 is 1.17 bits per heavy atom. The fraction of sp³-hybridized carbons (Fsp3) is 0.0909. The van der Waals surface area contributed by atoms with Gasteiger partial charge in [0, 0.05) is 30.1 Å². The van der Waals surface area contributed by atoms with Gasteiger partial charge in [-0.15, -0.1) is 0 Å². The Hall–Kier alpha value is -4.20. The van der Waals surface area contributed by atoms with Crippen LogP contribution >= 0.6 is 0 Å². The largest absolute Gasteiger partial charge is 0.619 e. The zero-order valence-corrected chi connectivity index (χ0v) is 16.2. The molecule has 3 N–H and O–H groups in total. The molecular weight excluding hydrogens is 378 g/mol. The fourth-order valence-electron chi connectivity index (χ4n) is 2.80. The molecule has 0 spiro atoms. The maximum Gasteiger partial charge on any atom is 0.233 e. The van der Waals surface area contributed by atoms with E-state index < -0.39 is 0 Å². The van der Waals surface area contributed by atoms with Gasteiger partial charge in [0.1, 0.15) is 0 Å². The summed E-state index contributed by atoms with van der Waals surface area (Å²) in [4.78, 5) is 13.4. The average Bonchev–Trinajstić information content (AvgIpc) is 2.76. The number of para-hydroxylation sites is 2. The van der Waals surface area contributed by atoms with Crippen LogP contribution in [0.4, 0.5) is 29.2 Å². The van der Waals surface area contributed by atoms with Gasteiger partial charge in [0.2, 0.25) is 17.8 Å². The molecule has 8 nitrogen and oxygen atoms in total. The third-order valence-corrected chi connectivity index (χ3v) is 4.26. The Morgan fingerprint density at radius 1 is 0.667 bits per heavy atom. The van der Waals surface area contributed by atoms with E-state index in [0.29, 0.717) is 24.4 Å². The molecule has 4 aromatic rings. The summed E-state index contributed by atoms with van der Waals surface area (Å²) in [6.45, 7) is 0.614. The lowest BCUT2D eigenvalue weighted by Gasteiger charge is -2.11. The van der Waals surface area contributed by atoms with Crippen molar-refractivity contribution in [3.8, 4) is 0 Å². The van der Waals surface area contributed by atoms with E-state index in [1.54, 1.807) is 12.1 Å². The fourth-order valence-corrected chi connectivity index (χ4v) is 2.80. The minimum absolute atomic E-state index is 0.434. The molecule has 0 saturated heterocycles. The molecule has 0 bridgehead atoms. The van der Waals surface area contributed by atoms with Crippen molar-refractivity contribution < 1.29 is 4.73 Å². The number of pyridine rings is 1. The highest BCUT2D eigenvalue weighted by Crippen LogP contribution is 2.18. The van der Waals surface area contributed by atoms with E-state index >= 15 is 0 Å². The van der Waals surface area contributed by atoms with Crippen molar-refractivity contribution in [1.82, 2.24) is 15.0 Å². The van der Waals surface area contributed by atoms with Crippen LogP contribution in [-0.4, -0.2) is 21.5 Å². The van der Waals surface area contributed by atoms with Crippen LogP contribution in [0.15, 0.2) is 85.2 Å². The third kappa shape index (κ3) is 5.41. The molecule has 8 heteroatoms. The van der Waals surface area contributed by atoms with E-state index in [9.17, 15) is 5.21 Å². The molecule has 0 atom stereocenters. The summed E-state index contributed by atoms with van der Waals surface area (Å²) >= 11 is 0. The van der Waals surface area contributed by atoms with Gasteiger partial charge in [-0.05, 0) is 36.2 Å². The molecule has 2 heterocycles. The maximum atomic E-state index is 11.2. The zero-order valence-electron chi connectivity index (χ0n) is 16.2. The van der Waals surface area contributed by atoms with Crippen LogP contribution in [-0.2, 0) is 6.42 Å². The first kappa shape index (κ1) is 19.1. The van der Waals surface area contributed by atoms with Gasteiger partial charge in [-0.3, -0.25) is 0 Å². The van der Waals surface area contributed by atoms with Gasteiger partial charge in [0.15, 0.2) is 12.4 Å². The highest BCUT2D eigenvalue weighted by Gasteiger charge is 2.08. The van der Waals surface area contributed by atoms with Crippen molar-refractivity contribution in [2.45, 2.75) is 6.42 Å². The molecule has 0 unspecified atom stereocenters. The lowest BCUT2D eigenvalue weighted by atomic mass is 10.2. The highest BCUT2D eigenvalue weighted by atomic mass is 16.5. The molecular formula is C22H21N7O. The van der Waals surface area contributed by atoms with Crippen LogP contribution in [0.3, 0.4) is 0 Å². The van der Waals surface area contributed by atoms with E-state index in [0.717, 1.165) is 28.1 Å². The van der Waals surface area contributed by atoms with Crippen LogP contribution in [0.1, 0.15) is 5.56 Å². The quantitative estimate of drug-likeness (QED) is 0.307. The van der Waals surface area contributed by atoms with Crippen LogP contribution < -0.4 is 20.7 Å². The Labute approximate surface area is 174 Å². The SMILES string of the molecule is [O-][n+]1ccc(CCNc2nc(Nc3ccccc3)nc(Nc3ccccc3)n2)cc1. The first-order valence-electron chi connectivity index (χ1n) is 9.56. The molecule has 150 valence electrons. The molecule has 0 saturated carbocycles. The van der Waals surface area contributed by atoms with Crippen molar-refractivity contribution in [3.05, 3.63) is 96.0 Å². The number of hydrogen-bond acceptors (Lipinski definition) is 7. The maximum absolute atomic E-state index is 11.2. The molecule has 0 radical (unpaired) electrons. The molecule has 0 aliphatic heterocycles. The Morgan fingerprint density at radius 3 is 1.70 bits per heavy atom. The predicted octanol–water partition coefficient (Wildman–Crippen LogP) is 3.65. The summed E-state index contributed by atoms with van der Waals surface area (Å²) in [5.41, 5.74) is 2.82. The van der Waals surface area contributed by atoms with Crippen molar-refractivity contribution in [2.24, 2.45) is 0 Å². The highest BCUT2D eigenvalue weighted by molar-refractivity contribution is 5.58. The lowest BCUT2D eigenvalue weighted by molar-refractivity contribution is -0.605. The number of aromatic nitrogens is 4. The predicted molar refractivity (Wildman–Crippen MR) is 117 cm³/mol. The zero-order chi connectivity index (χ0) is 20.6. The minimum atomic E-state index is 0.434. The normalized spacial score (nSPS) is 10.4. The molecule has 0 aliphatic carbocycles. The van der Waals surface area contributed by atoms with Gasteiger partial charge in [0.05, 0.1) is 0 Å². The van der Waals surface area contributed by atoms with Crippen molar-refractivity contribution in [1.29, 1.82) is 0 Å². The number of hydrogen-bond donors (Lipinski definition) is 3. The number of nitrogens with one attached hydrogen (secondary N) is 3. The molecule has 30 heavy (non-hydrogen) atoms. The second-order valence-corrected chi connectivity index (χ2v) is 6.53. The second kappa shape index (κ2) is 9.33. The van der Waals surface area contributed by atoms with E-state index in [4.69, 9.17) is 0 Å². The van der Waals surface area contributed by atoms with Crippen molar-refractivity contribution >= 4 is 29.2 Å². The van der Waals surface area contributed by atoms with Gasteiger partial charge in [-0.1, -0.05) is 36.4 Å². The third-order valence-electron chi connectivity index (χ3n) is 4.26. The summed E-state index contributed by atoms with van der Waals surface area (Å²) in [6.07, 6.45) is 3.71. The Kier molecular flexibility index (Phi) is 5.95. The van der Waals surface area contributed by atoms with E-state index in [1.807, 2.05) is 60.7 Å². The first-order valence-corrected chi connectivity index (χ1v) is 9.56. The average molecular weight is 399 g/mol. The van der Waals surface area contributed by atoms with Crippen LogP contribution in [0.2, 0.25) is 0 Å². The van der Waals surface area contributed by atoms with E-state index in [2.05, 4.69) is 30.9 Å². The first-order chi connectivity index (χ1) is 14.7. The van der Waals surface area contributed by atoms with Crippen LogP contribution in [0.25, 0.3) is 0 Å². The minimum Gasteiger partial charge on any atom is -0.619 e. The number of benzene rings is 2. The van der Waals surface area contributed by atoms with Gasteiger partial charge in [-0.25, -0.2) is 0 Å². The van der Waals surface area contributed by atoms with Gasteiger partial charge in [-0.2, -0.15) is 19.7 Å². The molecule has 0 aliphatic rings. The molecule has 0 amide bonds. The Bertz CT molecular complexity index is 1010. The van der Waals surface area contributed by atoms with Gasteiger partial charge < -0.3 is 21.2 Å². The van der Waals surface area contributed by atoms with Gasteiger partial charge >= 0.3 is 0 Å². The topological polar surface area (TPSA) is 102 Å². The molecule has 2 aromatic heterocycles. The van der Waals surface area contributed by atoms with Crippen molar-refractivity contribution in [3.63, 3.8) is 0 Å². The summed E-state index contributed by atoms with van der Waals surface area (Å²) in [5, 5.41) is 20.8. The van der Waals surface area contributed by atoms with Crippen LogP contribution in [0.5, 0.6) is 0 Å². The molecule has 2 aromatic carbocycles. The van der Waals surface area contributed by atoms with E-state index in [1.165, 1.54) is 12.4 Å². The second-order valence-electron chi connectivity index (χ2n) is 6.53. The van der Waals surface area contributed by atoms with E-state index in [-0.39, 0.29) is 0 Å². The molecule has 0 fully saturated rings. The Balaban J connectivity index is 1.50. The number of nitrogens with zero attached hydrogens (tertiary/aromatic N) is 4. The summed E-state index contributed by atoms with van der Waals surface area (Å²) in [5.74, 6) is 1.32. The standard InChI is InChI=1S/C22H21N7O/c30-29-15-12-17(13-16-29)11-14-23-20-26-21(24-18-7-3-1-4-8-18)28-22(27-20)25-19-9-5-2-6-10-19/h1-10,12-13,15-16H,11,14H2,(H3,23,24,25,26,27,28). The number of anilines is 5. The summed E-state index contributed by atoms with van der Waals surface area (Å²) in [6, 6.07) is 23.0. The number of rotatable bonds is 8.